The van der Waals surface area contributed by atoms with E-state index in [1.165, 1.54) is 4.90 Å². The van der Waals surface area contributed by atoms with Crippen LogP contribution in [0.5, 0.6) is 0 Å². The Kier molecular flexibility index (Phi) is 11.9. The number of carbonyl (C=O) groups excluding carboxylic acids is 1. The molecule has 2 aromatic carbocycles. The number of carbonyl (C=O) groups is 1. The predicted molar refractivity (Wildman–Crippen MR) is 157 cm³/mol. The third-order valence-electron chi connectivity index (χ3n) is 7.03. The Hall–Kier alpha value is -3.46. The van der Waals surface area contributed by atoms with Crippen LogP contribution in [0.15, 0.2) is 54.7 Å². The molecule has 1 atom stereocenters. The number of benzene rings is 2. The van der Waals surface area contributed by atoms with Gasteiger partial charge in [0, 0.05) is 43.0 Å². The molecule has 1 aliphatic rings. The third kappa shape index (κ3) is 9.26. The smallest absolute Gasteiger partial charge is 0.384 e. The fraction of sp³-hybridized carbons (Fsp3) is 0.333. The van der Waals surface area contributed by atoms with E-state index < -0.39 is 41.0 Å². The normalized spacial score (nSPS) is 15.5. The standard InChI is InChI=1S/C30H28F6N4O.2ClH/c1-19-5-6-22(12-20(19)2)13-26-18-39(9-3-4-21-7-8-27(37)38-17-21)10-11-40(26)28(41)23-14-24(29(31,32)33)16-25(15-23)30(34,35)36;;/h5-8,12,14-17,26H,9-11,13,18H2,1-2H3,(H2,37,38);2*1H/t26-;;/m1../s1. The molecule has 1 aliphatic heterocycles. The molecule has 0 spiro atoms. The molecule has 0 aliphatic carbocycles. The van der Waals surface area contributed by atoms with Crippen molar-refractivity contribution in [1.82, 2.24) is 14.8 Å². The zero-order valence-electron chi connectivity index (χ0n) is 23.2. The topological polar surface area (TPSA) is 62.5 Å². The zero-order valence-corrected chi connectivity index (χ0v) is 24.9. The molecule has 5 nitrogen and oxygen atoms in total. The predicted octanol–water partition coefficient (Wildman–Crippen LogP) is 6.58. The van der Waals surface area contributed by atoms with Crippen molar-refractivity contribution in [3.63, 3.8) is 0 Å². The number of hydrogen-bond acceptors (Lipinski definition) is 4. The summed E-state index contributed by atoms with van der Waals surface area (Å²) in [4.78, 5) is 20.9. The SMILES string of the molecule is Cc1ccc(C[C@@H]2CN(CC#Cc3ccc(N)nc3)CCN2C(=O)c2cc(C(F)(F)F)cc(C(F)(F)F)c2)cc1C.Cl.Cl. The largest absolute Gasteiger partial charge is 0.416 e. The van der Waals surface area contributed by atoms with E-state index in [2.05, 4.69) is 16.8 Å². The first-order valence-electron chi connectivity index (χ1n) is 12.8. The van der Waals surface area contributed by atoms with E-state index in [9.17, 15) is 31.1 Å². The van der Waals surface area contributed by atoms with Crippen molar-refractivity contribution in [1.29, 1.82) is 0 Å². The van der Waals surface area contributed by atoms with Gasteiger partial charge in [0.05, 0.1) is 17.7 Å². The minimum absolute atomic E-state index is 0. The van der Waals surface area contributed by atoms with Crippen LogP contribution in [0.25, 0.3) is 0 Å². The number of halogens is 8. The van der Waals surface area contributed by atoms with E-state index in [1.807, 2.05) is 36.9 Å². The van der Waals surface area contributed by atoms with Crippen molar-refractivity contribution in [2.24, 2.45) is 0 Å². The fourth-order valence-electron chi connectivity index (χ4n) is 4.68. The summed E-state index contributed by atoms with van der Waals surface area (Å²) < 4.78 is 80.8. The second-order valence-corrected chi connectivity index (χ2v) is 10.1. The number of nitrogens with zero attached hydrogens (tertiary/aromatic N) is 3. The van der Waals surface area contributed by atoms with Gasteiger partial charge < -0.3 is 10.6 Å². The molecule has 4 rings (SSSR count). The molecule has 2 N–H and O–H groups in total. The maximum Gasteiger partial charge on any atom is 0.416 e. The van der Waals surface area contributed by atoms with Crippen LogP contribution in [0.4, 0.5) is 32.2 Å². The fourth-order valence-corrected chi connectivity index (χ4v) is 4.68. The van der Waals surface area contributed by atoms with E-state index in [1.54, 1.807) is 18.3 Å². The van der Waals surface area contributed by atoms with Gasteiger partial charge in [-0.1, -0.05) is 30.0 Å². The summed E-state index contributed by atoms with van der Waals surface area (Å²) in [5.74, 6) is 5.54. The van der Waals surface area contributed by atoms with Gasteiger partial charge >= 0.3 is 12.4 Å². The van der Waals surface area contributed by atoms with E-state index >= 15 is 0 Å². The van der Waals surface area contributed by atoms with Gasteiger partial charge in [0.2, 0.25) is 0 Å². The molecule has 232 valence electrons. The second-order valence-electron chi connectivity index (χ2n) is 10.1. The molecular weight excluding hydrogens is 617 g/mol. The highest BCUT2D eigenvalue weighted by Crippen LogP contribution is 2.37. The van der Waals surface area contributed by atoms with Gasteiger partial charge in [0.15, 0.2) is 0 Å². The lowest BCUT2D eigenvalue weighted by Gasteiger charge is -2.41. The summed E-state index contributed by atoms with van der Waals surface area (Å²) in [7, 11) is 0. The van der Waals surface area contributed by atoms with Crippen molar-refractivity contribution < 1.29 is 31.1 Å². The summed E-state index contributed by atoms with van der Waals surface area (Å²) in [5.41, 5.74) is 5.58. The molecule has 3 aromatic rings. The highest BCUT2D eigenvalue weighted by molar-refractivity contribution is 5.95. The first-order chi connectivity index (χ1) is 19.2. The van der Waals surface area contributed by atoms with Crippen LogP contribution in [0.2, 0.25) is 0 Å². The van der Waals surface area contributed by atoms with Crippen molar-refractivity contribution in [2.45, 2.75) is 38.7 Å². The van der Waals surface area contributed by atoms with Crippen LogP contribution in [-0.4, -0.2) is 52.9 Å². The average molecular weight is 647 g/mol. The van der Waals surface area contributed by atoms with Gasteiger partial charge in [-0.05, 0) is 67.3 Å². The lowest BCUT2D eigenvalue weighted by Crippen LogP contribution is -2.56. The molecule has 0 bridgehead atoms. The zero-order chi connectivity index (χ0) is 29.9. The number of rotatable bonds is 4. The molecule has 0 radical (unpaired) electrons. The second kappa shape index (κ2) is 14.3. The quantitative estimate of drug-likeness (QED) is 0.257. The number of pyridine rings is 1. The minimum Gasteiger partial charge on any atom is -0.384 e. The Bertz CT molecular complexity index is 1450. The van der Waals surface area contributed by atoms with Gasteiger partial charge in [0.25, 0.3) is 5.91 Å². The van der Waals surface area contributed by atoms with Gasteiger partial charge in [0.1, 0.15) is 5.82 Å². The Morgan fingerprint density at radius 3 is 2.14 bits per heavy atom. The van der Waals surface area contributed by atoms with Crippen LogP contribution in [0.1, 0.15) is 43.7 Å². The van der Waals surface area contributed by atoms with E-state index in [0.717, 1.165) is 16.7 Å². The maximum absolute atomic E-state index is 13.5. The number of hydrogen-bond donors (Lipinski definition) is 1. The molecule has 13 heteroatoms. The molecule has 2 heterocycles. The van der Waals surface area contributed by atoms with Crippen molar-refractivity contribution >= 4 is 36.5 Å². The van der Waals surface area contributed by atoms with Crippen LogP contribution in [0, 0.1) is 25.7 Å². The number of aromatic nitrogens is 1. The molecule has 1 fully saturated rings. The van der Waals surface area contributed by atoms with Crippen LogP contribution >= 0.6 is 24.8 Å². The van der Waals surface area contributed by atoms with E-state index in [0.29, 0.717) is 49.6 Å². The molecule has 1 saturated heterocycles. The number of anilines is 1. The van der Waals surface area contributed by atoms with Gasteiger partial charge in [-0.3, -0.25) is 9.69 Å². The van der Waals surface area contributed by atoms with Gasteiger partial charge in [-0.15, -0.1) is 24.8 Å². The van der Waals surface area contributed by atoms with Gasteiger partial charge in [-0.2, -0.15) is 26.3 Å². The number of nitrogen functional groups attached to an aromatic ring is 1. The van der Waals surface area contributed by atoms with Crippen molar-refractivity contribution in [2.75, 3.05) is 31.9 Å². The lowest BCUT2D eigenvalue weighted by molar-refractivity contribution is -0.143. The first kappa shape index (κ1) is 35.7. The molecule has 43 heavy (non-hydrogen) atoms. The van der Waals surface area contributed by atoms with Crippen LogP contribution in [0.3, 0.4) is 0 Å². The number of amides is 1. The first-order valence-corrected chi connectivity index (χ1v) is 12.8. The Balaban J connectivity index is 0.00000323. The Morgan fingerprint density at radius 1 is 0.930 bits per heavy atom. The number of nitrogens with two attached hydrogens (primary N) is 1. The Labute approximate surface area is 258 Å². The summed E-state index contributed by atoms with van der Waals surface area (Å²) in [6, 6.07) is 9.67. The molecule has 0 saturated carbocycles. The number of piperazine rings is 1. The summed E-state index contributed by atoms with van der Waals surface area (Å²) >= 11 is 0. The summed E-state index contributed by atoms with van der Waals surface area (Å²) in [6.45, 7) is 5.03. The minimum atomic E-state index is -5.05. The summed E-state index contributed by atoms with van der Waals surface area (Å²) in [5, 5.41) is 0. The van der Waals surface area contributed by atoms with E-state index in [4.69, 9.17) is 5.73 Å². The van der Waals surface area contributed by atoms with Crippen molar-refractivity contribution in [3.8, 4) is 11.8 Å². The molecule has 1 aromatic heterocycles. The highest BCUT2D eigenvalue weighted by atomic mass is 35.5. The highest BCUT2D eigenvalue weighted by Gasteiger charge is 2.39. The molecule has 0 unspecified atom stereocenters. The summed E-state index contributed by atoms with van der Waals surface area (Å²) in [6.07, 6.45) is -8.19. The molecular formula is C30H30Cl2F6N4O. The third-order valence-corrected chi connectivity index (χ3v) is 7.03. The van der Waals surface area contributed by atoms with Crippen LogP contribution < -0.4 is 5.73 Å². The molecule has 1 amide bonds. The lowest BCUT2D eigenvalue weighted by atomic mass is 9.97. The Morgan fingerprint density at radius 2 is 1.58 bits per heavy atom. The number of aryl methyl sites for hydroxylation is 2. The monoisotopic (exact) mass is 646 g/mol. The average Bonchev–Trinajstić information content (AvgIpc) is 2.90. The maximum atomic E-state index is 13.5. The number of alkyl halides is 6. The van der Waals surface area contributed by atoms with E-state index in [-0.39, 0.29) is 37.4 Å². The van der Waals surface area contributed by atoms with Crippen molar-refractivity contribution in [3.05, 3.63) is 93.7 Å². The van der Waals surface area contributed by atoms with Gasteiger partial charge in [-0.25, -0.2) is 4.98 Å². The van der Waals surface area contributed by atoms with Crippen LogP contribution in [-0.2, 0) is 18.8 Å².